The summed E-state index contributed by atoms with van der Waals surface area (Å²) in [5, 5.41) is -0.0599. The van der Waals surface area contributed by atoms with E-state index in [0.717, 1.165) is 19.5 Å². The van der Waals surface area contributed by atoms with Crippen molar-refractivity contribution in [1.82, 2.24) is 4.90 Å². The van der Waals surface area contributed by atoms with Gasteiger partial charge in [0.25, 0.3) is 0 Å². The van der Waals surface area contributed by atoms with Crippen molar-refractivity contribution in [2.24, 2.45) is 0 Å². The summed E-state index contributed by atoms with van der Waals surface area (Å²) in [6.45, 7) is 4.27. The molecule has 0 aliphatic heterocycles. The Bertz CT molecular complexity index is 437. The first kappa shape index (κ1) is 15.9. The molecule has 1 aromatic carbocycles. The van der Waals surface area contributed by atoms with E-state index >= 15 is 0 Å². The zero-order valence-electron chi connectivity index (χ0n) is 11.7. The van der Waals surface area contributed by atoms with E-state index in [0.29, 0.717) is 17.9 Å². The molecule has 0 saturated carbocycles. The lowest BCUT2D eigenvalue weighted by molar-refractivity contribution is 0.400. The molecule has 0 aromatic heterocycles. The van der Waals surface area contributed by atoms with Gasteiger partial charge in [0.2, 0.25) is 0 Å². The second-order valence-electron chi connectivity index (χ2n) is 4.77. The average Bonchev–Trinajstić information content (AvgIpc) is 2.33. The van der Waals surface area contributed by atoms with Crippen LogP contribution in [-0.4, -0.2) is 38.6 Å². The second-order valence-corrected chi connectivity index (χ2v) is 5.15. The Morgan fingerprint density at radius 1 is 1.21 bits per heavy atom. The molecule has 4 N–H and O–H groups in total. The first-order valence-electron chi connectivity index (χ1n) is 6.31. The van der Waals surface area contributed by atoms with E-state index in [1.807, 2.05) is 25.9 Å². The van der Waals surface area contributed by atoms with E-state index in [1.165, 1.54) is 6.07 Å². The van der Waals surface area contributed by atoms with E-state index in [2.05, 4.69) is 4.90 Å². The van der Waals surface area contributed by atoms with Crippen LogP contribution in [-0.2, 0) is 0 Å². The summed E-state index contributed by atoms with van der Waals surface area (Å²) in [5.41, 5.74) is 12.3. The van der Waals surface area contributed by atoms with Crippen molar-refractivity contribution in [3.05, 3.63) is 16.9 Å². The van der Waals surface area contributed by atoms with Crippen molar-refractivity contribution in [2.45, 2.75) is 13.3 Å². The van der Waals surface area contributed by atoms with Gasteiger partial charge in [-0.2, -0.15) is 0 Å². The van der Waals surface area contributed by atoms with E-state index < -0.39 is 5.82 Å². The van der Waals surface area contributed by atoms with Crippen molar-refractivity contribution < 1.29 is 4.39 Å². The van der Waals surface area contributed by atoms with Crippen LogP contribution in [0.25, 0.3) is 0 Å². The van der Waals surface area contributed by atoms with Crippen molar-refractivity contribution in [1.29, 1.82) is 0 Å². The topological polar surface area (TPSA) is 58.5 Å². The maximum Gasteiger partial charge on any atom is 0.169 e. The summed E-state index contributed by atoms with van der Waals surface area (Å²) in [6, 6.07) is 1.51. The summed E-state index contributed by atoms with van der Waals surface area (Å²) in [6.07, 6.45) is 0.918. The highest BCUT2D eigenvalue weighted by Gasteiger charge is 2.18. The Balaban J connectivity index is 2.95. The number of benzene rings is 1. The minimum absolute atomic E-state index is 0.0599. The molecular weight excluding hydrogens is 267 g/mol. The lowest BCUT2D eigenvalue weighted by atomic mass is 10.2. The molecule has 4 nitrogen and oxygen atoms in total. The molecule has 1 rings (SSSR count). The van der Waals surface area contributed by atoms with Gasteiger partial charge in [0.1, 0.15) is 5.02 Å². The lowest BCUT2D eigenvalue weighted by Crippen LogP contribution is -2.28. The van der Waals surface area contributed by atoms with Crippen LogP contribution in [0.4, 0.5) is 21.5 Å². The maximum atomic E-state index is 14.2. The second kappa shape index (κ2) is 6.82. The third-order valence-electron chi connectivity index (χ3n) is 2.97. The minimum atomic E-state index is -0.536. The summed E-state index contributed by atoms with van der Waals surface area (Å²) in [5.74, 6) is -0.536. The largest absolute Gasteiger partial charge is 0.397 e. The molecule has 0 atom stereocenters. The smallest absolute Gasteiger partial charge is 0.169 e. The molecule has 19 heavy (non-hydrogen) atoms. The molecule has 0 spiro atoms. The van der Waals surface area contributed by atoms with E-state index in [1.54, 1.807) is 0 Å². The van der Waals surface area contributed by atoms with Crippen LogP contribution in [0.1, 0.15) is 13.3 Å². The van der Waals surface area contributed by atoms with Gasteiger partial charge in [-0.3, -0.25) is 0 Å². The van der Waals surface area contributed by atoms with E-state index in [9.17, 15) is 4.39 Å². The molecule has 0 saturated heterocycles. The molecule has 0 heterocycles. The van der Waals surface area contributed by atoms with Crippen molar-refractivity contribution in [2.75, 3.05) is 50.1 Å². The predicted molar refractivity (Wildman–Crippen MR) is 81.3 cm³/mol. The Kier molecular flexibility index (Phi) is 5.69. The van der Waals surface area contributed by atoms with Gasteiger partial charge in [0.15, 0.2) is 5.82 Å². The molecule has 0 radical (unpaired) electrons. The molecule has 1 aromatic rings. The van der Waals surface area contributed by atoms with Gasteiger partial charge in [-0.05, 0) is 40.1 Å². The number of hydrogen-bond donors (Lipinski definition) is 2. The van der Waals surface area contributed by atoms with Gasteiger partial charge in [-0.15, -0.1) is 0 Å². The first-order valence-corrected chi connectivity index (χ1v) is 6.68. The quantitative estimate of drug-likeness (QED) is 0.789. The Labute approximate surface area is 119 Å². The van der Waals surface area contributed by atoms with Crippen molar-refractivity contribution in [3.63, 3.8) is 0 Å². The fourth-order valence-corrected chi connectivity index (χ4v) is 2.13. The van der Waals surface area contributed by atoms with E-state index in [4.69, 9.17) is 23.1 Å². The fourth-order valence-electron chi connectivity index (χ4n) is 1.98. The lowest BCUT2D eigenvalue weighted by Gasteiger charge is -2.26. The van der Waals surface area contributed by atoms with Crippen molar-refractivity contribution >= 4 is 28.7 Å². The Hall–Kier alpha value is -1.20. The van der Waals surface area contributed by atoms with Crippen LogP contribution in [0.5, 0.6) is 0 Å². The number of anilines is 3. The van der Waals surface area contributed by atoms with Crippen LogP contribution in [0.3, 0.4) is 0 Å². The number of nitrogens with zero attached hydrogens (tertiary/aromatic N) is 2. The summed E-state index contributed by atoms with van der Waals surface area (Å²) in [4.78, 5) is 3.98. The van der Waals surface area contributed by atoms with Crippen LogP contribution in [0.2, 0.25) is 5.02 Å². The monoisotopic (exact) mass is 288 g/mol. The number of nitrogens with two attached hydrogens (primary N) is 2. The zero-order valence-corrected chi connectivity index (χ0v) is 12.5. The fraction of sp³-hybridized carbons (Fsp3) is 0.538. The first-order chi connectivity index (χ1) is 8.88. The van der Waals surface area contributed by atoms with Gasteiger partial charge in [-0.1, -0.05) is 11.6 Å². The Morgan fingerprint density at radius 3 is 2.37 bits per heavy atom. The number of rotatable bonds is 6. The molecule has 0 unspecified atom stereocenters. The summed E-state index contributed by atoms with van der Waals surface area (Å²) in [7, 11) is 4.01. The normalized spacial score (nSPS) is 11.1. The highest BCUT2D eigenvalue weighted by atomic mass is 35.5. The number of halogens is 2. The van der Waals surface area contributed by atoms with Gasteiger partial charge in [0.05, 0.1) is 17.1 Å². The van der Waals surface area contributed by atoms with E-state index in [-0.39, 0.29) is 10.7 Å². The minimum Gasteiger partial charge on any atom is -0.397 e. The number of hydrogen-bond acceptors (Lipinski definition) is 4. The van der Waals surface area contributed by atoms with Gasteiger partial charge < -0.3 is 21.3 Å². The van der Waals surface area contributed by atoms with Crippen LogP contribution < -0.4 is 16.4 Å². The van der Waals surface area contributed by atoms with Gasteiger partial charge in [-0.25, -0.2) is 4.39 Å². The third-order valence-corrected chi connectivity index (χ3v) is 3.35. The molecule has 0 aliphatic rings. The van der Waals surface area contributed by atoms with Crippen LogP contribution in [0, 0.1) is 5.82 Å². The van der Waals surface area contributed by atoms with Crippen molar-refractivity contribution in [3.8, 4) is 0 Å². The summed E-state index contributed by atoms with van der Waals surface area (Å²) >= 11 is 5.85. The highest BCUT2D eigenvalue weighted by Crippen LogP contribution is 2.36. The van der Waals surface area contributed by atoms with Crippen LogP contribution >= 0.6 is 11.6 Å². The predicted octanol–water partition coefficient (Wildman–Crippen LogP) is 2.42. The molecule has 0 aliphatic carbocycles. The average molecular weight is 289 g/mol. The molecule has 0 amide bonds. The number of nitrogen functional groups attached to an aromatic ring is 2. The maximum absolute atomic E-state index is 14.2. The van der Waals surface area contributed by atoms with Gasteiger partial charge in [0, 0.05) is 13.1 Å². The standard InChI is InChI=1S/C13H22ClFN4/c1-4-19(7-5-6-18(2)3)13-10(17)8-9(16)11(14)12(13)15/h8H,4-7,16-17H2,1-3H3. The molecular formula is C13H22ClFN4. The highest BCUT2D eigenvalue weighted by molar-refractivity contribution is 6.33. The summed E-state index contributed by atoms with van der Waals surface area (Å²) < 4.78 is 14.2. The Morgan fingerprint density at radius 2 is 1.84 bits per heavy atom. The molecule has 0 fully saturated rings. The van der Waals surface area contributed by atoms with Crippen LogP contribution in [0.15, 0.2) is 6.07 Å². The van der Waals surface area contributed by atoms with Gasteiger partial charge >= 0.3 is 0 Å². The zero-order chi connectivity index (χ0) is 14.6. The SMILES string of the molecule is CCN(CCCN(C)C)c1c(N)cc(N)c(Cl)c1F. The third kappa shape index (κ3) is 3.88. The molecule has 0 bridgehead atoms. The molecule has 108 valence electrons. The molecule has 6 heteroatoms.